The molecule has 0 unspecified atom stereocenters. The summed E-state index contributed by atoms with van der Waals surface area (Å²) >= 11 is 6.32. The average molecular weight is 294 g/mol. The minimum atomic E-state index is 0.752. The van der Waals surface area contributed by atoms with E-state index < -0.39 is 0 Å². The van der Waals surface area contributed by atoms with E-state index in [0.29, 0.717) is 0 Å². The van der Waals surface area contributed by atoms with Crippen LogP contribution < -0.4 is 4.74 Å². The molecule has 1 aliphatic carbocycles. The molecule has 1 aromatic rings. The summed E-state index contributed by atoms with van der Waals surface area (Å²) in [6.45, 7) is 6.06. The molecule has 0 saturated heterocycles. The minimum Gasteiger partial charge on any atom is -0.490 e. The number of aryl methyl sites for hydroxylation is 1. The first-order valence-electron chi connectivity index (χ1n) is 7.86. The van der Waals surface area contributed by atoms with Gasteiger partial charge in [-0.3, -0.25) is 4.90 Å². The van der Waals surface area contributed by atoms with Crippen molar-refractivity contribution in [1.29, 1.82) is 0 Å². The van der Waals surface area contributed by atoms with Crippen LogP contribution in [0.1, 0.15) is 43.2 Å². The van der Waals surface area contributed by atoms with Crippen LogP contribution in [0.2, 0.25) is 5.02 Å². The molecule has 0 aromatic heterocycles. The van der Waals surface area contributed by atoms with Crippen LogP contribution in [0, 0.1) is 12.8 Å². The van der Waals surface area contributed by atoms with E-state index >= 15 is 0 Å². The van der Waals surface area contributed by atoms with Gasteiger partial charge < -0.3 is 4.74 Å². The Morgan fingerprint density at radius 1 is 1.25 bits per heavy atom. The number of benzene rings is 1. The van der Waals surface area contributed by atoms with Crippen LogP contribution in [0.4, 0.5) is 0 Å². The van der Waals surface area contributed by atoms with Gasteiger partial charge in [-0.05, 0) is 37.3 Å². The number of fused-ring (bicyclic) bond motifs is 1. The highest BCUT2D eigenvalue weighted by molar-refractivity contribution is 6.32. The first-order valence-corrected chi connectivity index (χ1v) is 8.24. The number of halogens is 1. The summed E-state index contributed by atoms with van der Waals surface area (Å²) in [7, 11) is 0. The maximum Gasteiger partial charge on any atom is 0.142 e. The normalized spacial score (nSPS) is 21.1. The van der Waals surface area contributed by atoms with Crippen LogP contribution in [0.5, 0.6) is 5.75 Å². The minimum absolute atomic E-state index is 0.752. The lowest BCUT2D eigenvalue weighted by molar-refractivity contribution is 0.178. The van der Waals surface area contributed by atoms with Gasteiger partial charge in [-0.25, -0.2) is 0 Å². The summed E-state index contributed by atoms with van der Waals surface area (Å²) in [5.74, 6) is 1.79. The van der Waals surface area contributed by atoms with Gasteiger partial charge in [0.25, 0.3) is 0 Å². The highest BCUT2D eigenvalue weighted by atomic mass is 35.5. The number of rotatable bonds is 2. The molecule has 0 amide bonds. The fraction of sp³-hybridized carbons (Fsp3) is 0.647. The zero-order chi connectivity index (χ0) is 13.9. The van der Waals surface area contributed by atoms with Crippen molar-refractivity contribution in [2.75, 3.05) is 19.7 Å². The topological polar surface area (TPSA) is 12.5 Å². The third kappa shape index (κ3) is 3.29. The molecule has 2 aliphatic rings. The molecule has 3 heteroatoms. The lowest BCUT2D eigenvalue weighted by atomic mass is 9.89. The monoisotopic (exact) mass is 293 g/mol. The van der Waals surface area contributed by atoms with Crippen molar-refractivity contribution < 1.29 is 4.74 Å². The molecule has 2 nitrogen and oxygen atoms in total. The van der Waals surface area contributed by atoms with Crippen molar-refractivity contribution >= 4 is 11.6 Å². The third-order valence-corrected chi connectivity index (χ3v) is 4.83. The molecule has 3 rings (SSSR count). The Balaban J connectivity index is 1.72. The average Bonchev–Trinajstić information content (AvgIpc) is 2.62. The molecular weight excluding hydrogens is 270 g/mol. The Bertz CT molecular complexity index is 468. The zero-order valence-corrected chi connectivity index (χ0v) is 13.1. The molecule has 20 heavy (non-hydrogen) atoms. The van der Waals surface area contributed by atoms with E-state index in [9.17, 15) is 0 Å². The molecule has 1 aromatic carbocycles. The van der Waals surface area contributed by atoms with Crippen molar-refractivity contribution in [2.45, 2.75) is 45.6 Å². The predicted octanol–water partition coefficient (Wildman–Crippen LogP) is 4.42. The Kier molecular flexibility index (Phi) is 4.52. The molecule has 0 N–H and O–H groups in total. The van der Waals surface area contributed by atoms with E-state index in [0.717, 1.165) is 36.4 Å². The Labute approximate surface area is 127 Å². The Hall–Kier alpha value is -0.730. The van der Waals surface area contributed by atoms with Gasteiger partial charge in [-0.1, -0.05) is 36.9 Å². The first-order chi connectivity index (χ1) is 9.72. The van der Waals surface area contributed by atoms with Crippen LogP contribution in [-0.2, 0) is 6.54 Å². The van der Waals surface area contributed by atoms with E-state index in [-0.39, 0.29) is 0 Å². The fourth-order valence-corrected chi connectivity index (χ4v) is 3.92. The standard InChI is InChI=1S/C17H24ClNO/c1-13-9-15-12-19(11-14-5-3-2-4-6-14)7-8-20-17(15)16(18)10-13/h9-10,14H,2-8,11-12H2,1H3. The van der Waals surface area contributed by atoms with Crippen molar-refractivity contribution in [2.24, 2.45) is 5.92 Å². The van der Waals surface area contributed by atoms with Gasteiger partial charge in [0.2, 0.25) is 0 Å². The predicted molar refractivity (Wildman–Crippen MR) is 83.5 cm³/mol. The molecule has 0 atom stereocenters. The van der Waals surface area contributed by atoms with Gasteiger partial charge in [-0.2, -0.15) is 0 Å². The largest absolute Gasteiger partial charge is 0.490 e. The summed E-state index contributed by atoms with van der Waals surface area (Å²) in [6.07, 6.45) is 7.06. The molecule has 1 fully saturated rings. The summed E-state index contributed by atoms with van der Waals surface area (Å²) in [4.78, 5) is 2.55. The second-order valence-corrected chi connectivity index (χ2v) is 6.73. The SMILES string of the molecule is Cc1cc(Cl)c2c(c1)CN(CC1CCCCC1)CCO2. The Morgan fingerprint density at radius 2 is 2.05 bits per heavy atom. The van der Waals surface area contributed by atoms with Gasteiger partial charge in [0, 0.05) is 25.2 Å². The number of nitrogens with zero attached hydrogens (tertiary/aromatic N) is 1. The van der Waals surface area contributed by atoms with Gasteiger partial charge in [0.05, 0.1) is 5.02 Å². The maximum absolute atomic E-state index is 6.32. The molecule has 0 bridgehead atoms. The number of ether oxygens (including phenoxy) is 1. The fourth-order valence-electron chi connectivity index (χ4n) is 3.57. The number of hydrogen-bond acceptors (Lipinski definition) is 2. The van der Waals surface area contributed by atoms with Crippen LogP contribution >= 0.6 is 11.6 Å². The lowest BCUT2D eigenvalue weighted by Gasteiger charge is -2.28. The third-order valence-electron chi connectivity index (χ3n) is 4.55. The summed E-state index contributed by atoms with van der Waals surface area (Å²) in [6, 6.07) is 4.22. The molecular formula is C17H24ClNO. The quantitative estimate of drug-likeness (QED) is 0.800. The highest BCUT2D eigenvalue weighted by Gasteiger charge is 2.22. The van der Waals surface area contributed by atoms with Crippen LogP contribution in [-0.4, -0.2) is 24.6 Å². The van der Waals surface area contributed by atoms with Crippen molar-refractivity contribution in [3.05, 3.63) is 28.3 Å². The second kappa shape index (κ2) is 6.36. The van der Waals surface area contributed by atoms with E-state index in [1.54, 1.807) is 0 Å². The van der Waals surface area contributed by atoms with Crippen molar-refractivity contribution in [1.82, 2.24) is 4.90 Å². The molecule has 1 saturated carbocycles. The molecule has 0 radical (unpaired) electrons. The van der Waals surface area contributed by atoms with Gasteiger partial charge in [0.15, 0.2) is 0 Å². The highest BCUT2D eigenvalue weighted by Crippen LogP contribution is 2.33. The van der Waals surface area contributed by atoms with Crippen LogP contribution in [0.15, 0.2) is 12.1 Å². The van der Waals surface area contributed by atoms with E-state index in [2.05, 4.69) is 17.9 Å². The van der Waals surface area contributed by atoms with Crippen LogP contribution in [0.25, 0.3) is 0 Å². The first kappa shape index (κ1) is 14.2. The number of hydrogen-bond donors (Lipinski definition) is 0. The van der Waals surface area contributed by atoms with Crippen molar-refractivity contribution in [3.8, 4) is 5.75 Å². The molecule has 0 spiro atoms. The van der Waals surface area contributed by atoms with Gasteiger partial charge in [-0.15, -0.1) is 0 Å². The molecule has 1 heterocycles. The second-order valence-electron chi connectivity index (χ2n) is 6.32. The molecule has 1 aliphatic heterocycles. The summed E-state index contributed by atoms with van der Waals surface area (Å²) < 4.78 is 5.88. The summed E-state index contributed by atoms with van der Waals surface area (Å²) in [5.41, 5.74) is 2.47. The molecule has 110 valence electrons. The lowest BCUT2D eigenvalue weighted by Crippen LogP contribution is -2.32. The van der Waals surface area contributed by atoms with E-state index in [1.807, 2.05) is 6.07 Å². The van der Waals surface area contributed by atoms with E-state index in [1.165, 1.54) is 49.8 Å². The van der Waals surface area contributed by atoms with Crippen molar-refractivity contribution in [3.63, 3.8) is 0 Å². The van der Waals surface area contributed by atoms with Gasteiger partial charge in [0.1, 0.15) is 12.4 Å². The van der Waals surface area contributed by atoms with Gasteiger partial charge >= 0.3 is 0 Å². The Morgan fingerprint density at radius 3 is 2.85 bits per heavy atom. The van der Waals surface area contributed by atoms with Crippen LogP contribution in [0.3, 0.4) is 0 Å². The van der Waals surface area contributed by atoms with E-state index in [4.69, 9.17) is 16.3 Å². The maximum atomic E-state index is 6.32. The zero-order valence-electron chi connectivity index (χ0n) is 12.3. The summed E-state index contributed by atoms with van der Waals surface area (Å²) in [5, 5.41) is 0.763. The smallest absolute Gasteiger partial charge is 0.142 e.